The summed E-state index contributed by atoms with van der Waals surface area (Å²) < 4.78 is 1.98. The minimum atomic E-state index is -0.0576. The Hall–Kier alpha value is -2.08. The zero-order chi connectivity index (χ0) is 17.3. The SMILES string of the molecule is Cc1ccsc1C(=O)NCC1Cn2cccc2C(=O)N1CC(C)C. The highest BCUT2D eigenvalue weighted by Crippen LogP contribution is 2.20. The summed E-state index contributed by atoms with van der Waals surface area (Å²) in [6.45, 7) is 8.02. The molecule has 2 amide bonds. The average Bonchev–Trinajstić information content (AvgIpc) is 3.16. The minimum absolute atomic E-state index is 0.0241. The van der Waals surface area contributed by atoms with Gasteiger partial charge in [-0.3, -0.25) is 9.59 Å². The maximum atomic E-state index is 12.7. The fourth-order valence-corrected chi connectivity index (χ4v) is 3.94. The van der Waals surface area contributed by atoms with E-state index in [1.807, 2.05) is 46.2 Å². The second-order valence-electron chi connectivity index (χ2n) is 6.69. The Labute approximate surface area is 146 Å². The van der Waals surface area contributed by atoms with Crippen LogP contribution in [0.15, 0.2) is 29.8 Å². The third-order valence-electron chi connectivity index (χ3n) is 4.29. The van der Waals surface area contributed by atoms with Gasteiger partial charge < -0.3 is 14.8 Å². The molecule has 0 saturated carbocycles. The molecule has 128 valence electrons. The van der Waals surface area contributed by atoms with Gasteiger partial charge in [-0.25, -0.2) is 0 Å². The van der Waals surface area contributed by atoms with Crippen molar-refractivity contribution in [2.45, 2.75) is 33.4 Å². The van der Waals surface area contributed by atoms with Crippen molar-refractivity contribution in [1.82, 2.24) is 14.8 Å². The van der Waals surface area contributed by atoms with E-state index in [1.165, 1.54) is 11.3 Å². The fourth-order valence-electron chi connectivity index (χ4n) is 3.10. The van der Waals surface area contributed by atoms with E-state index in [4.69, 9.17) is 0 Å². The molecule has 6 heteroatoms. The van der Waals surface area contributed by atoms with Gasteiger partial charge in [0.25, 0.3) is 11.8 Å². The third kappa shape index (κ3) is 3.24. The molecule has 0 aromatic carbocycles. The molecule has 2 aromatic rings. The first kappa shape index (κ1) is 16.8. The Kier molecular flexibility index (Phi) is 4.76. The number of aryl methyl sites for hydroxylation is 1. The van der Waals surface area contributed by atoms with Crippen LogP contribution in [0.3, 0.4) is 0 Å². The lowest BCUT2D eigenvalue weighted by Crippen LogP contribution is -2.53. The van der Waals surface area contributed by atoms with Crippen LogP contribution in [-0.4, -0.2) is 40.4 Å². The van der Waals surface area contributed by atoms with Gasteiger partial charge in [0.05, 0.1) is 10.9 Å². The number of amides is 2. The van der Waals surface area contributed by atoms with E-state index in [0.29, 0.717) is 25.6 Å². The first-order chi connectivity index (χ1) is 11.5. The van der Waals surface area contributed by atoms with Gasteiger partial charge in [-0.15, -0.1) is 11.3 Å². The molecule has 1 unspecified atom stereocenters. The van der Waals surface area contributed by atoms with Gasteiger partial charge in [0.1, 0.15) is 5.69 Å². The normalized spacial score (nSPS) is 17.2. The van der Waals surface area contributed by atoms with Gasteiger partial charge in [-0.2, -0.15) is 0 Å². The topological polar surface area (TPSA) is 54.3 Å². The number of nitrogens with one attached hydrogen (secondary N) is 1. The van der Waals surface area contributed by atoms with Gasteiger partial charge in [0, 0.05) is 25.8 Å². The molecule has 0 bridgehead atoms. The quantitative estimate of drug-likeness (QED) is 0.906. The Morgan fingerprint density at radius 1 is 1.42 bits per heavy atom. The Bertz CT molecular complexity index is 747. The zero-order valence-electron chi connectivity index (χ0n) is 14.3. The van der Waals surface area contributed by atoms with Gasteiger partial charge in [-0.1, -0.05) is 13.8 Å². The maximum absolute atomic E-state index is 12.7. The summed E-state index contributed by atoms with van der Waals surface area (Å²) in [5.41, 5.74) is 1.72. The number of hydrogen-bond donors (Lipinski definition) is 1. The van der Waals surface area contributed by atoms with Crippen LogP contribution >= 0.6 is 11.3 Å². The van der Waals surface area contributed by atoms with Crippen LogP contribution in [-0.2, 0) is 6.54 Å². The Balaban J connectivity index is 1.74. The van der Waals surface area contributed by atoms with E-state index in [2.05, 4.69) is 19.2 Å². The number of fused-ring (bicyclic) bond motifs is 1. The number of carbonyl (C=O) groups is 2. The number of rotatable bonds is 5. The molecule has 24 heavy (non-hydrogen) atoms. The van der Waals surface area contributed by atoms with Crippen LogP contribution < -0.4 is 5.32 Å². The smallest absolute Gasteiger partial charge is 0.270 e. The molecule has 1 aliphatic rings. The number of nitrogens with zero attached hydrogens (tertiary/aromatic N) is 2. The molecule has 0 spiro atoms. The molecule has 2 aromatic heterocycles. The molecule has 0 fully saturated rings. The number of carbonyl (C=O) groups excluding carboxylic acids is 2. The fraction of sp³-hybridized carbons (Fsp3) is 0.444. The molecule has 1 N–H and O–H groups in total. The summed E-state index contributed by atoms with van der Waals surface area (Å²) in [6, 6.07) is 5.68. The van der Waals surface area contributed by atoms with Crippen LogP contribution in [0.1, 0.15) is 39.6 Å². The van der Waals surface area contributed by atoms with Crippen LogP contribution in [0.4, 0.5) is 0 Å². The van der Waals surface area contributed by atoms with Crippen molar-refractivity contribution in [1.29, 1.82) is 0 Å². The minimum Gasteiger partial charge on any atom is -0.349 e. The molecular weight excluding hydrogens is 322 g/mol. The summed E-state index contributed by atoms with van der Waals surface area (Å²) in [7, 11) is 0. The van der Waals surface area contributed by atoms with Crippen molar-refractivity contribution in [2.24, 2.45) is 5.92 Å². The molecule has 1 aliphatic heterocycles. The molecule has 3 rings (SSSR count). The largest absolute Gasteiger partial charge is 0.349 e. The lowest BCUT2D eigenvalue weighted by atomic mass is 10.1. The summed E-state index contributed by atoms with van der Waals surface area (Å²) in [4.78, 5) is 27.8. The standard InChI is InChI=1S/C18H23N3O2S/c1-12(2)10-21-14(11-20-7-4-5-15(20)18(21)23)9-19-17(22)16-13(3)6-8-24-16/h4-8,12,14H,9-11H2,1-3H3,(H,19,22). The molecule has 0 saturated heterocycles. The van der Waals surface area contributed by atoms with Crippen molar-refractivity contribution < 1.29 is 9.59 Å². The second-order valence-corrected chi connectivity index (χ2v) is 7.61. The van der Waals surface area contributed by atoms with Crippen LogP contribution in [0.5, 0.6) is 0 Å². The monoisotopic (exact) mass is 345 g/mol. The Morgan fingerprint density at radius 3 is 2.88 bits per heavy atom. The van der Waals surface area contributed by atoms with E-state index in [0.717, 1.165) is 16.1 Å². The van der Waals surface area contributed by atoms with Crippen molar-refractivity contribution in [3.05, 3.63) is 45.9 Å². The third-order valence-corrected chi connectivity index (χ3v) is 5.30. The van der Waals surface area contributed by atoms with Crippen LogP contribution in [0, 0.1) is 12.8 Å². The van der Waals surface area contributed by atoms with Crippen molar-refractivity contribution in [3.63, 3.8) is 0 Å². The lowest BCUT2D eigenvalue weighted by molar-refractivity contribution is 0.0554. The number of thiophene rings is 1. The van der Waals surface area contributed by atoms with Crippen LogP contribution in [0.25, 0.3) is 0 Å². The van der Waals surface area contributed by atoms with E-state index >= 15 is 0 Å². The molecule has 0 aliphatic carbocycles. The van der Waals surface area contributed by atoms with E-state index < -0.39 is 0 Å². The first-order valence-electron chi connectivity index (χ1n) is 8.25. The molecular formula is C18H23N3O2S. The van der Waals surface area contributed by atoms with Crippen molar-refractivity contribution in [3.8, 4) is 0 Å². The highest BCUT2D eigenvalue weighted by atomic mass is 32.1. The summed E-state index contributed by atoms with van der Waals surface area (Å²) in [6.07, 6.45) is 1.93. The van der Waals surface area contributed by atoms with E-state index in [-0.39, 0.29) is 17.9 Å². The highest BCUT2D eigenvalue weighted by Gasteiger charge is 2.32. The Morgan fingerprint density at radius 2 is 2.21 bits per heavy atom. The average molecular weight is 345 g/mol. The predicted molar refractivity (Wildman–Crippen MR) is 95.5 cm³/mol. The zero-order valence-corrected chi connectivity index (χ0v) is 15.1. The van der Waals surface area contributed by atoms with Gasteiger partial charge >= 0.3 is 0 Å². The van der Waals surface area contributed by atoms with Crippen molar-refractivity contribution in [2.75, 3.05) is 13.1 Å². The first-order valence-corrected chi connectivity index (χ1v) is 9.13. The molecule has 0 radical (unpaired) electrons. The molecule has 1 atom stereocenters. The van der Waals surface area contributed by atoms with Crippen LogP contribution in [0.2, 0.25) is 0 Å². The lowest BCUT2D eigenvalue weighted by Gasteiger charge is -2.37. The highest BCUT2D eigenvalue weighted by molar-refractivity contribution is 7.12. The summed E-state index contributed by atoms with van der Waals surface area (Å²) in [5.74, 6) is 0.373. The van der Waals surface area contributed by atoms with Gasteiger partial charge in [-0.05, 0) is 42.0 Å². The van der Waals surface area contributed by atoms with Crippen molar-refractivity contribution >= 4 is 23.2 Å². The summed E-state index contributed by atoms with van der Waals surface area (Å²) >= 11 is 1.45. The van der Waals surface area contributed by atoms with E-state index in [1.54, 1.807) is 0 Å². The maximum Gasteiger partial charge on any atom is 0.270 e. The predicted octanol–water partition coefficient (Wildman–Crippen LogP) is 2.77. The van der Waals surface area contributed by atoms with E-state index in [9.17, 15) is 9.59 Å². The second kappa shape index (κ2) is 6.81. The number of hydrogen-bond acceptors (Lipinski definition) is 3. The molecule has 3 heterocycles. The molecule has 5 nitrogen and oxygen atoms in total. The van der Waals surface area contributed by atoms with Gasteiger partial charge in [0.2, 0.25) is 0 Å². The number of aromatic nitrogens is 1. The van der Waals surface area contributed by atoms with Gasteiger partial charge in [0.15, 0.2) is 0 Å². The summed E-state index contributed by atoms with van der Waals surface area (Å²) in [5, 5.41) is 4.93.